The quantitative estimate of drug-likeness (QED) is 0.808. The maximum atomic E-state index is 13.9. The van der Waals surface area contributed by atoms with Crippen molar-refractivity contribution in [1.29, 1.82) is 0 Å². The minimum atomic E-state index is -0.578. The summed E-state index contributed by atoms with van der Waals surface area (Å²) in [5.41, 5.74) is 1.94. The van der Waals surface area contributed by atoms with Crippen LogP contribution in [-0.2, 0) is 6.54 Å². The maximum absolute atomic E-state index is 13.9. The second-order valence-corrected chi connectivity index (χ2v) is 6.37. The molecular weight excluding hydrogens is 368 g/mol. The van der Waals surface area contributed by atoms with Gasteiger partial charge in [-0.2, -0.15) is 0 Å². The van der Waals surface area contributed by atoms with Crippen molar-refractivity contribution >= 4 is 29.9 Å². The van der Waals surface area contributed by atoms with Gasteiger partial charge in [-0.15, -0.1) is 12.4 Å². The van der Waals surface area contributed by atoms with Crippen LogP contribution in [0.1, 0.15) is 27.4 Å². The molecule has 8 heteroatoms. The van der Waals surface area contributed by atoms with E-state index < -0.39 is 5.82 Å². The lowest BCUT2D eigenvalue weighted by molar-refractivity contribution is 0.0623. The summed E-state index contributed by atoms with van der Waals surface area (Å²) in [6.07, 6.45) is 0. The number of aromatic nitrogens is 1. The van der Waals surface area contributed by atoms with Crippen molar-refractivity contribution in [1.82, 2.24) is 15.0 Å². The lowest BCUT2D eigenvalue weighted by Crippen LogP contribution is -2.48. The molecule has 1 aliphatic heterocycles. The Kier molecular flexibility index (Phi) is 6.43. The van der Waals surface area contributed by atoms with Crippen LogP contribution in [0.25, 0.3) is 0 Å². The molecule has 3 rings (SSSR count). The number of aryl methyl sites for hydroxylation is 2. The summed E-state index contributed by atoms with van der Waals surface area (Å²) < 4.78 is 19.1. The smallest absolute Gasteiger partial charge is 0.258 e. The van der Waals surface area contributed by atoms with Crippen LogP contribution in [0.2, 0.25) is 5.02 Å². The van der Waals surface area contributed by atoms with Crippen molar-refractivity contribution in [2.24, 2.45) is 0 Å². The fraction of sp³-hybridized carbons (Fsp3) is 0.412. The molecule has 136 valence electrons. The first-order valence-corrected chi connectivity index (χ1v) is 8.22. The molecule has 0 aliphatic carbocycles. The van der Waals surface area contributed by atoms with Gasteiger partial charge in [-0.3, -0.25) is 9.69 Å². The highest BCUT2D eigenvalue weighted by Gasteiger charge is 2.26. The van der Waals surface area contributed by atoms with Gasteiger partial charge >= 0.3 is 0 Å². The third-order valence-electron chi connectivity index (χ3n) is 4.40. The lowest BCUT2D eigenvalue weighted by Gasteiger charge is -2.34. The van der Waals surface area contributed by atoms with Gasteiger partial charge in [0, 0.05) is 38.3 Å². The van der Waals surface area contributed by atoms with Crippen molar-refractivity contribution in [2.45, 2.75) is 20.4 Å². The number of carbonyl (C=O) groups is 1. The molecule has 1 amide bonds. The summed E-state index contributed by atoms with van der Waals surface area (Å²) in [7, 11) is 0. The van der Waals surface area contributed by atoms with E-state index >= 15 is 0 Å². The summed E-state index contributed by atoms with van der Waals surface area (Å²) in [6, 6.07) is 4.29. The highest BCUT2D eigenvalue weighted by molar-refractivity contribution is 6.33. The van der Waals surface area contributed by atoms with E-state index in [0.29, 0.717) is 26.2 Å². The largest absolute Gasteiger partial charge is 0.361 e. The molecule has 1 fully saturated rings. The zero-order valence-electron chi connectivity index (χ0n) is 14.1. The number of carbonyl (C=O) groups excluding carboxylic acids is 1. The molecule has 0 N–H and O–H groups in total. The van der Waals surface area contributed by atoms with Gasteiger partial charge in [0.15, 0.2) is 0 Å². The summed E-state index contributed by atoms with van der Waals surface area (Å²) in [6.45, 7) is 7.05. The zero-order valence-corrected chi connectivity index (χ0v) is 15.7. The van der Waals surface area contributed by atoms with E-state index in [9.17, 15) is 9.18 Å². The molecule has 0 spiro atoms. The number of hydrogen-bond donors (Lipinski definition) is 0. The number of nitrogens with zero attached hydrogens (tertiary/aromatic N) is 3. The molecule has 5 nitrogen and oxygen atoms in total. The first-order valence-electron chi connectivity index (χ1n) is 7.84. The van der Waals surface area contributed by atoms with Gasteiger partial charge in [0.1, 0.15) is 11.6 Å². The van der Waals surface area contributed by atoms with E-state index in [0.717, 1.165) is 23.6 Å². The van der Waals surface area contributed by atoms with Crippen LogP contribution in [0.4, 0.5) is 4.39 Å². The summed E-state index contributed by atoms with van der Waals surface area (Å²) in [4.78, 5) is 16.4. The molecule has 0 saturated carbocycles. The molecule has 0 radical (unpaired) electrons. The number of piperazine rings is 1. The van der Waals surface area contributed by atoms with Crippen LogP contribution in [0.5, 0.6) is 0 Å². The van der Waals surface area contributed by atoms with Gasteiger partial charge in [-0.1, -0.05) is 22.8 Å². The summed E-state index contributed by atoms with van der Waals surface area (Å²) >= 11 is 5.99. The topological polar surface area (TPSA) is 49.6 Å². The SMILES string of the molecule is Cc1noc(C)c1CN1CCN(C(=O)c2c(F)cccc2Cl)CC1.Cl. The fourth-order valence-corrected chi connectivity index (χ4v) is 3.16. The highest BCUT2D eigenvalue weighted by Crippen LogP contribution is 2.22. The minimum Gasteiger partial charge on any atom is -0.361 e. The molecule has 2 aromatic rings. The van der Waals surface area contributed by atoms with E-state index in [1.807, 2.05) is 13.8 Å². The average Bonchev–Trinajstić information content (AvgIpc) is 2.87. The molecule has 1 aromatic carbocycles. The normalized spacial score (nSPS) is 15.1. The highest BCUT2D eigenvalue weighted by atomic mass is 35.5. The molecule has 0 unspecified atom stereocenters. The maximum Gasteiger partial charge on any atom is 0.258 e. The minimum absolute atomic E-state index is 0. The third kappa shape index (κ3) is 4.14. The lowest BCUT2D eigenvalue weighted by atomic mass is 10.1. The second kappa shape index (κ2) is 8.17. The van der Waals surface area contributed by atoms with Gasteiger partial charge < -0.3 is 9.42 Å². The van der Waals surface area contributed by atoms with Gasteiger partial charge in [-0.05, 0) is 26.0 Å². The molecule has 0 bridgehead atoms. The average molecular weight is 388 g/mol. The first kappa shape index (κ1) is 19.7. The molecule has 2 heterocycles. The Balaban J connectivity index is 0.00000225. The van der Waals surface area contributed by atoms with Crippen LogP contribution >= 0.6 is 24.0 Å². The zero-order chi connectivity index (χ0) is 17.3. The second-order valence-electron chi connectivity index (χ2n) is 5.97. The molecular formula is C17H20Cl2FN3O2. The predicted molar refractivity (Wildman–Crippen MR) is 95.8 cm³/mol. The number of hydrogen-bond acceptors (Lipinski definition) is 4. The number of halogens is 3. The Hall–Kier alpha value is -1.63. The number of rotatable bonds is 3. The third-order valence-corrected chi connectivity index (χ3v) is 4.71. The van der Waals surface area contributed by atoms with E-state index in [1.54, 1.807) is 4.90 Å². The summed E-state index contributed by atoms with van der Waals surface area (Å²) in [5.74, 6) is -0.107. The van der Waals surface area contributed by atoms with Crippen molar-refractivity contribution in [3.63, 3.8) is 0 Å². The van der Waals surface area contributed by atoms with Crippen LogP contribution in [-0.4, -0.2) is 47.0 Å². The van der Waals surface area contributed by atoms with Crippen LogP contribution < -0.4 is 0 Å². The molecule has 1 aromatic heterocycles. The van der Waals surface area contributed by atoms with Crippen LogP contribution in [0.15, 0.2) is 22.7 Å². The van der Waals surface area contributed by atoms with E-state index in [-0.39, 0.29) is 28.9 Å². The van der Waals surface area contributed by atoms with Crippen LogP contribution in [0, 0.1) is 19.7 Å². The monoisotopic (exact) mass is 387 g/mol. The van der Waals surface area contributed by atoms with E-state index in [1.165, 1.54) is 18.2 Å². The Morgan fingerprint density at radius 2 is 1.96 bits per heavy atom. The Morgan fingerprint density at radius 1 is 1.28 bits per heavy atom. The van der Waals surface area contributed by atoms with Crippen LogP contribution in [0.3, 0.4) is 0 Å². The van der Waals surface area contributed by atoms with Gasteiger partial charge in [-0.25, -0.2) is 4.39 Å². The van der Waals surface area contributed by atoms with E-state index in [4.69, 9.17) is 16.1 Å². The van der Waals surface area contributed by atoms with Gasteiger partial charge in [0.2, 0.25) is 0 Å². The van der Waals surface area contributed by atoms with Crippen molar-refractivity contribution in [3.8, 4) is 0 Å². The Bertz CT molecular complexity index is 719. The fourth-order valence-electron chi connectivity index (χ4n) is 2.92. The molecule has 0 atom stereocenters. The van der Waals surface area contributed by atoms with E-state index in [2.05, 4.69) is 10.1 Å². The molecule has 1 aliphatic rings. The van der Waals surface area contributed by atoms with Gasteiger partial charge in [0.05, 0.1) is 16.3 Å². The summed E-state index contributed by atoms with van der Waals surface area (Å²) in [5, 5.41) is 4.11. The first-order chi connectivity index (χ1) is 11.5. The predicted octanol–water partition coefficient (Wildman–Crippen LogP) is 3.46. The van der Waals surface area contributed by atoms with Crippen molar-refractivity contribution in [3.05, 3.63) is 51.6 Å². The molecule has 25 heavy (non-hydrogen) atoms. The standard InChI is InChI=1S/C17H19ClFN3O2.ClH/c1-11-13(12(2)24-20-11)10-21-6-8-22(9-7-21)17(23)16-14(18)4-3-5-15(16)19;/h3-5H,6-10H2,1-2H3;1H. The van der Waals surface area contributed by atoms with Gasteiger partial charge in [0.25, 0.3) is 5.91 Å². The Morgan fingerprint density at radius 3 is 2.52 bits per heavy atom. The number of amides is 1. The van der Waals surface area contributed by atoms with Crippen molar-refractivity contribution < 1.29 is 13.7 Å². The Labute approximate surface area is 157 Å². The van der Waals surface area contributed by atoms with Crippen molar-refractivity contribution in [2.75, 3.05) is 26.2 Å². The molecule has 1 saturated heterocycles. The number of benzene rings is 1.